The van der Waals surface area contributed by atoms with Gasteiger partial charge in [-0.3, -0.25) is 0 Å². The molecule has 1 N–H and O–H groups in total. The molecule has 1 aliphatic rings. The number of nitrogens with one attached hydrogen (secondary N) is 1. The largest absolute Gasteiger partial charge is 0.361 e. The van der Waals surface area contributed by atoms with Crippen LogP contribution in [0.2, 0.25) is 0 Å². The van der Waals surface area contributed by atoms with E-state index in [1.54, 1.807) is 0 Å². The van der Waals surface area contributed by atoms with Crippen LogP contribution in [0.15, 0.2) is 4.52 Å². The van der Waals surface area contributed by atoms with Gasteiger partial charge >= 0.3 is 0 Å². The van der Waals surface area contributed by atoms with Crippen molar-refractivity contribution in [2.45, 2.75) is 65.0 Å². The number of aryl methyl sites for hydroxylation is 2. The molecule has 4 heteroatoms. The van der Waals surface area contributed by atoms with Crippen LogP contribution in [-0.2, 0) is 0 Å². The van der Waals surface area contributed by atoms with Crippen LogP contribution in [0.1, 0.15) is 62.1 Å². The fraction of sp³-hybridized carbons (Fsp3) is 0.733. The molecule has 1 aliphatic carbocycles. The van der Waals surface area contributed by atoms with Gasteiger partial charge in [0.25, 0.3) is 0 Å². The van der Waals surface area contributed by atoms with E-state index < -0.39 is 0 Å². The van der Waals surface area contributed by atoms with E-state index >= 15 is 0 Å². The van der Waals surface area contributed by atoms with Crippen LogP contribution in [0.25, 0.3) is 0 Å². The van der Waals surface area contributed by atoms with E-state index in [0.717, 1.165) is 29.9 Å². The predicted octanol–water partition coefficient (Wildman–Crippen LogP) is 3.41. The average Bonchev–Trinajstić information content (AvgIpc) is 2.61. The van der Waals surface area contributed by atoms with Crippen molar-refractivity contribution in [1.82, 2.24) is 10.5 Å². The summed E-state index contributed by atoms with van der Waals surface area (Å²) in [7, 11) is 0. The Balaban J connectivity index is 2.08. The molecule has 0 amide bonds. The molecule has 1 fully saturated rings. The van der Waals surface area contributed by atoms with E-state index in [4.69, 9.17) is 4.52 Å². The van der Waals surface area contributed by atoms with Gasteiger partial charge in [-0.2, -0.15) is 5.26 Å². The van der Waals surface area contributed by atoms with Gasteiger partial charge in [0.05, 0.1) is 17.7 Å². The van der Waals surface area contributed by atoms with Crippen molar-refractivity contribution in [2.24, 2.45) is 5.92 Å². The fourth-order valence-corrected chi connectivity index (χ4v) is 3.17. The zero-order valence-electron chi connectivity index (χ0n) is 12.1. The Bertz CT molecular complexity index is 441. The number of hydrogen-bond donors (Lipinski definition) is 1. The van der Waals surface area contributed by atoms with Crippen molar-refractivity contribution in [3.8, 4) is 6.07 Å². The summed E-state index contributed by atoms with van der Waals surface area (Å²) in [5.41, 5.74) is 2.08. The third kappa shape index (κ3) is 3.16. The van der Waals surface area contributed by atoms with Crippen LogP contribution in [0.3, 0.4) is 0 Å². The monoisotopic (exact) mass is 261 g/mol. The highest BCUT2D eigenvalue weighted by Crippen LogP contribution is 2.27. The minimum atomic E-state index is 0.130. The molecule has 104 valence electrons. The molecule has 1 aromatic heterocycles. The molecule has 0 spiro atoms. The van der Waals surface area contributed by atoms with E-state index in [-0.39, 0.29) is 18.0 Å². The second kappa shape index (κ2) is 6.21. The first-order valence-corrected chi connectivity index (χ1v) is 7.22. The summed E-state index contributed by atoms with van der Waals surface area (Å²) < 4.78 is 5.23. The Labute approximate surface area is 115 Å². The first-order chi connectivity index (χ1) is 9.13. The summed E-state index contributed by atoms with van der Waals surface area (Å²) in [6, 6.07) is 2.95. The summed E-state index contributed by atoms with van der Waals surface area (Å²) in [5.74, 6) is 1.00. The van der Waals surface area contributed by atoms with Gasteiger partial charge < -0.3 is 9.84 Å². The van der Waals surface area contributed by atoms with Crippen LogP contribution >= 0.6 is 0 Å². The molecule has 1 aromatic rings. The quantitative estimate of drug-likeness (QED) is 0.847. The van der Waals surface area contributed by atoms with Crippen LogP contribution in [0.5, 0.6) is 0 Å². The molecule has 0 aliphatic heterocycles. The number of hydrogen-bond acceptors (Lipinski definition) is 4. The Morgan fingerprint density at radius 1 is 1.32 bits per heavy atom. The SMILES string of the molecule is Cc1noc(C)c1C(C)NC1CCCCCC1C#N. The Hall–Kier alpha value is -1.34. The molecule has 0 saturated heterocycles. The smallest absolute Gasteiger partial charge is 0.138 e. The number of rotatable bonds is 3. The van der Waals surface area contributed by atoms with Crippen molar-refractivity contribution < 1.29 is 4.52 Å². The normalized spacial score (nSPS) is 25.6. The molecule has 1 saturated carbocycles. The Morgan fingerprint density at radius 2 is 2.05 bits per heavy atom. The van der Waals surface area contributed by atoms with Crippen LogP contribution in [0, 0.1) is 31.1 Å². The van der Waals surface area contributed by atoms with Gasteiger partial charge in [0.15, 0.2) is 0 Å². The third-order valence-corrected chi connectivity index (χ3v) is 4.17. The fourth-order valence-electron chi connectivity index (χ4n) is 3.17. The zero-order chi connectivity index (χ0) is 13.8. The second-order valence-corrected chi connectivity index (χ2v) is 5.61. The molecule has 3 unspecified atom stereocenters. The van der Waals surface area contributed by atoms with E-state index in [0.29, 0.717) is 0 Å². The van der Waals surface area contributed by atoms with Crippen molar-refractivity contribution in [1.29, 1.82) is 5.26 Å². The lowest BCUT2D eigenvalue weighted by Gasteiger charge is -2.25. The molecule has 0 bridgehead atoms. The van der Waals surface area contributed by atoms with Crippen molar-refractivity contribution in [3.63, 3.8) is 0 Å². The van der Waals surface area contributed by atoms with Crippen molar-refractivity contribution in [3.05, 3.63) is 17.0 Å². The Morgan fingerprint density at radius 3 is 2.68 bits per heavy atom. The van der Waals surface area contributed by atoms with Crippen molar-refractivity contribution >= 4 is 0 Å². The number of nitrogens with zero attached hydrogens (tertiary/aromatic N) is 2. The zero-order valence-corrected chi connectivity index (χ0v) is 12.1. The molecule has 19 heavy (non-hydrogen) atoms. The minimum absolute atomic E-state index is 0.130. The van der Waals surface area contributed by atoms with Gasteiger partial charge in [-0.25, -0.2) is 0 Å². The molecule has 4 nitrogen and oxygen atoms in total. The van der Waals surface area contributed by atoms with Gasteiger partial charge in [0, 0.05) is 17.6 Å². The van der Waals surface area contributed by atoms with Gasteiger partial charge in [-0.15, -0.1) is 0 Å². The number of aromatic nitrogens is 1. The highest BCUT2D eigenvalue weighted by molar-refractivity contribution is 5.24. The summed E-state index contributed by atoms with van der Waals surface area (Å²) in [4.78, 5) is 0. The number of nitriles is 1. The van der Waals surface area contributed by atoms with Gasteiger partial charge in [0.2, 0.25) is 0 Å². The predicted molar refractivity (Wildman–Crippen MR) is 73.5 cm³/mol. The third-order valence-electron chi connectivity index (χ3n) is 4.17. The lowest BCUT2D eigenvalue weighted by molar-refractivity contribution is 0.356. The van der Waals surface area contributed by atoms with Gasteiger partial charge in [0.1, 0.15) is 5.76 Å². The standard InChI is InChI=1S/C15H23N3O/c1-10(15-11(2)18-19-12(15)3)17-14-8-6-4-5-7-13(14)9-16/h10,13-14,17H,4-8H2,1-3H3. The molecular formula is C15H23N3O. The highest BCUT2D eigenvalue weighted by atomic mass is 16.5. The minimum Gasteiger partial charge on any atom is -0.361 e. The van der Waals surface area contributed by atoms with Gasteiger partial charge in [-0.05, 0) is 33.6 Å². The summed E-state index contributed by atoms with van der Waals surface area (Å²) >= 11 is 0. The maximum Gasteiger partial charge on any atom is 0.138 e. The highest BCUT2D eigenvalue weighted by Gasteiger charge is 2.26. The van der Waals surface area contributed by atoms with Gasteiger partial charge in [-0.1, -0.05) is 24.4 Å². The van der Waals surface area contributed by atoms with Crippen LogP contribution in [-0.4, -0.2) is 11.2 Å². The second-order valence-electron chi connectivity index (χ2n) is 5.61. The lowest BCUT2D eigenvalue weighted by atomic mass is 9.94. The molecule has 1 heterocycles. The summed E-state index contributed by atoms with van der Waals surface area (Å²) in [6.45, 7) is 6.05. The maximum absolute atomic E-state index is 9.32. The van der Waals surface area contributed by atoms with Crippen LogP contribution in [0.4, 0.5) is 0 Å². The summed E-state index contributed by atoms with van der Waals surface area (Å²) in [6.07, 6.45) is 5.74. The molecule has 3 atom stereocenters. The Kier molecular flexibility index (Phi) is 4.60. The molecule has 0 radical (unpaired) electrons. The first-order valence-electron chi connectivity index (χ1n) is 7.22. The first kappa shape index (κ1) is 14.1. The van der Waals surface area contributed by atoms with E-state index in [1.807, 2.05) is 13.8 Å². The molecule has 0 aromatic carbocycles. The van der Waals surface area contributed by atoms with E-state index in [1.165, 1.54) is 19.3 Å². The summed E-state index contributed by atoms with van der Waals surface area (Å²) in [5, 5.41) is 16.9. The topological polar surface area (TPSA) is 61.9 Å². The average molecular weight is 261 g/mol. The van der Waals surface area contributed by atoms with E-state index in [2.05, 4.69) is 23.5 Å². The van der Waals surface area contributed by atoms with Crippen LogP contribution < -0.4 is 5.32 Å². The van der Waals surface area contributed by atoms with E-state index in [9.17, 15) is 5.26 Å². The lowest BCUT2D eigenvalue weighted by Crippen LogP contribution is -2.37. The molecule has 2 rings (SSSR count). The molecular weight excluding hydrogens is 238 g/mol. The maximum atomic E-state index is 9.32. The van der Waals surface area contributed by atoms with Crippen molar-refractivity contribution in [2.75, 3.05) is 0 Å².